The minimum atomic E-state index is -0.779. The van der Waals surface area contributed by atoms with Crippen molar-refractivity contribution in [2.24, 2.45) is 0 Å². The van der Waals surface area contributed by atoms with Crippen molar-refractivity contribution >= 4 is 78.5 Å². The maximum Gasteiger partial charge on any atom is 0.0803 e. The van der Waals surface area contributed by atoms with Gasteiger partial charge in [0.1, 0.15) is 0 Å². The molecular weight excluding hydrogens is 674 g/mol. The van der Waals surface area contributed by atoms with Crippen molar-refractivity contribution in [1.29, 1.82) is 0 Å². The van der Waals surface area contributed by atoms with Gasteiger partial charge in [-0.3, -0.25) is 0 Å². The van der Waals surface area contributed by atoms with Crippen LogP contribution in [0.15, 0.2) is 206 Å². The van der Waals surface area contributed by atoms with Crippen LogP contribution >= 0.6 is 7.92 Å². The molecule has 11 rings (SSSR count). The molecule has 0 radical (unpaired) electrons. The zero-order chi connectivity index (χ0) is 35.6. The molecule has 0 aliphatic carbocycles. The second-order valence-corrected chi connectivity index (χ2v) is 16.0. The van der Waals surface area contributed by atoms with Crippen LogP contribution in [0.25, 0.3) is 71.7 Å². The zero-order valence-electron chi connectivity index (χ0n) is 29.4. The van der Waals surface area contributed by atoms with Gasteiger partial charge in [0, 0.05) is 38.6 Å². The number of hydrogen-bond acceptors (Lipinski definition) is 0. The van der Waals surface area contributed by atoms with Crippen LogP contribution in [0.3, 0.4) is 0 Å². The second kappa shape index (κ2) is 12.5. The van der Waals surface area contributed by atoms with Crippen LogP contribution in [-0.2, 0) is 0 Å². The lowest BCUT2D eigenvalue weighted by Gasteiger charge is -2.20. The summed E-state index contributed by atoms with van der Waals surface area (Å²) in [7, 11) is -0.779. The van der Waals surface area contributed by atoms with Gasteiger partial charge < -0.3 is 13.7 Å². The minimum Gasteiger partial charge on any atom is -0.309 e. The summed E-state index contributed by atoms with van der Waals surface area (Å²) in [6.45, 7) is 0. The predicted octanol–water partition coefficient (Wildman–Crippen LogP) is 11.6. The van der Waals surface area contributed by atoms with Gasteiger partial charge in [0.15, 0.2) is 0 Å². The number of aromatic nitrogens is 3. The largest absolute Gasteiger partial charge is 0.309 e. The molecule has 3 heterocycles. The van der Waals surface area contributed by atoms with Gasteiger partial charge >= 0.3 is 0 Å². The molecule has 0 spiro atoms. The van der Waals surface area contributed by atoms with E-state index in [1.165, 1.54) is 70.6 Å². The van der Waals surface area contributed by atoms with Gasteiger partial charge in [0.05, 0.1) is 33.1 Å². The first-order chi connectivity index (χ1) is 26.8. The molecule has 254 valence electrons. The molecule has 3 nitrogen and oxygen atoms in total. The highest BCUT2D eigenvalue weighted by molar-refractivity contribution is 7.79. The van der Waals surface area contributed by atoms with Crippen LogP contribution in [-0.4, -0.2) is 13.7 Å². The predicted molar refractivity (Wildman–Crippen MR) is 231 cm³/mol. The molecule has 0 N–H and O–H groups in total. The van der Waals surface area contributed by atoms with Gasteiger partial charge in [0.2, 0.25) is 0 Å². The number of fused-ring (bicyclic) bond motifs is 8. The van der Waals surface area contributed by atoms with Gasteiger partial charge in [-0.25, -0.2) is 0 Å². The lowest BCUT2D eigenvalue weighted by Crippen LogP contribution is -2.20. The highest BCUT2D eigenvalue weighted by atomic mass is 31.1. The Morgan fingerprint density at radius 3 is 1.20 bits per heavy atom. The Morgan fingerprint density at radius 1 is 0.259 bits per heavy atom. The average Bonchev–Trinajstić information content (AvgIpc) is 3.87. The summed E-state index contributed by atoms with van der Waals surface area (Å²) in [5.41, 5.74) is 10.7. The van der Waals surface area contributed by atoms with Crippen LogP contribution in [0.5, 0.6) is 0 Å². The standard InChI is InChI=1S/C50H34N3P/c1-5-17-35(18-6-1)52-47-33-37(51-45-27-15-13-25-41(45)42-26-14-16-28-46(42)51)29-31-43(47)49-50(52)44-32-30-40(34-48(44)53(49)36-19-7-2-8-20-36)54(38-21-9-3-10-22-38)39-23-11-4-12-24-39/h1-34H. The molecule has 0 unspecified atom stereocenters. The Morgan fingerprint density at radius 2 is 0.685 bits per heavy atom. The molecule has 0 saturated heterocycles. The van der Waals surface area contributed by atoms with Crippen molar-refractivity contribution in [3.05, 3.63) is 206 Å². The van der Waals surface area contributed by atoms with E-state index in [1.807, 2.05) is 0 Å². The fraction of sp³-hybridized carbons (Fsp3) is 0. The van der Waals surface area contributed by atoms with Crippen LogP contribution in [0.1, 0.15) is 0 Å². The van der Waals surface area contributed by atoms with Crippen molar-refractivity contribution in [3.8, 4) is 17.1 Å². The summed E-state index contributed by atoms with van der Waals surface area (Å²) in [6, 6.07) is 75.5. The molecule has 0 fully saturated rings. The zero-order valence-corrected chi connectivity index (χ0v) is 30.3. The van der Waals surface area contributed by atoms with E-state index < -0.39 is 7.92 Å². The fourth-order valence-electron chi connectivity index (χ4n) is 8.53. The Kier molecular flexibility index (Phi) is 7.15. The highest BCUT2D eigenvalue weighted by Crippen LogP contribution is 2.43. The first-order valence-electron chi connectivity index (χ1n) is 18.5. The van der Waals surface area contributed by atoms with Gasteiger partial charge in [0.25, 0.3) is 0 Å². The van der Waals surface area contributed by atoms with Crippen LogP contribution in [0.4, 0.5) is 0 Å². The lowest BCUT2D eigenvalue weighted by atomic mass is 10.2. The number of benzene rings is 8. The first kappa shape index (κ1) is 30.9. The molecule has 54 heavy (non-hydrogen) atoms. The molecule has 0 amide bonds. The first-order valence-corrected chi connectivity index (χ1v) is 19.8. The van der Waals surface area contributed by atoms with Crippen molar-refractivity contribution < 1.29 is 0 Å². The summed E-state index contributed by atoms with van der Waals surface area (Å²) >= 11 is 0. The monoisotopic (exact) mass is 707 g/mol. The maximum absolute atomic E-state index is 2.50. The summed E-state index contributed by atoms with van der Waals surface area (Å²) in [5.74, 6) is 0. The van der Waals surface area contributed by atoms with Gasteiger partial charge in [-0.15, -0.1) is 0 Å². The lowest BCUT2D eigenvalue weighted by molar-refractivity contribution is 1.16. The molecular formula is C50H34N3P. The van der Waals surface area contributed by atoms with E-state index in [-0.39, 0.29) is 0 Å². The quantitative estimate of drug-likeness (QED) is 0.153. The Hall–Kier alpha value is -6.67. The Labute approximate surface area is 314 Å². The van der Waals surface area contributed by atoms with Crippen molar-refractivity contribution in [2.75, 3.05) is 0 Å². The van der Waals surface area contributed by atoms with Gasteiger partial charge in [-0.05, 0) is 84.5 Å². The molecule has 4 heteroatoms. The summed E-state index contributed by atoms with van der Waals surface area (Å²) in [6.07, 6.45) is 0. The number of rotatable bonds is 6. The molecule has 0 atom stereocenters. The highest BCUT2D eigenvalue weighted by Gasteiger charge is 2.25. The fourth-order valence-corrected chi connectivity index (χ4v) is 10.8. The van der Waals surface area contributed by atoms with Crippen LogP contribution < -0.4 is 15.9 Å². The topological polar surface area (TPSA) is 14.8 Å². The average molecular weight is 708 g/mol. The normalized spacial score (nSPS) is 11.9. The maximum atomic E-state index is 2.50. The molecule has 0 bridgehead atoms. The number of para-hydroxylation sites is 4. The Bertz CT molecular complexity index is 3050. The smallest absolute Gasteiger partial charge is 0.0803 e. The van der Waals surface area contributed by atoms with Gasteiger partial charge in [-0.2, -0.15) is 0 Å². The third kappa shape index (κ3) is 4.72. The molecule has 11 aromatic rings. The minimum absolute atomic E-state index is 0.779. The van der Waals surface area contributed by atoms with E-state index in [9.17, 15) is 0 Å². The van der Waals surface area contributed by atoms with Crippen molar-refractivity contribution in [1.82, 2.24) is 13.7 Å². The molecule has 0 aliphatic heterocycles. The van der Waals surface area contributed by atoms with Crippen LogP contribution in [0.2, 0.25) is 0 Å². The van der Waals surface area contributed by atoms with Gasteiger partial charge in [-0.1, -0.05) is 146 Å². The van der Waals surface area contributed by atoms with E-state index in [4.69, 9.17) is 0 Å². The number of nitrogens with zero attached hydrogens (tertiary/aromatic N) is 3. The molecule has 0 saturated carbocycles. The molecule has 3 aromatic heterocycles. The van der Waals surface area contributed by atoms with E-state index in [1.54, 1.807) is 0 Å². The van der Waals surface area contributed by atoms with E-state index >= 15 is 0 Å². The molecule has 0 aliphatic rings. The van der Waals surface area contributed by atoms with Crippen LogP contribution in [0, 0.1) is 0 Å². The summed E-state index contributed by atoms with van der Waals surface area (Å²) in [5, 5.41) is 8.99. The van der Waals surface area contributed by atoms with E-state index in [0.29, 0.717) is 0 Å². The third-order valence-electron chi connectivity index (χ3n) is 10.8. The number of hydrogen-bond donors (Lipinski definition) is 0. The van der Waals surface area contributed by atoms with E-state index in [2.05, 4.69) is 220 Å². The summed E-state index contributed by atoms with van der Waals surface area (Å²) in [4.78, 5) is 0. The van der Waals surface area contributed by atoms with Crippen molar-refractivity contribution in [2.45, 2.75) is 0 Å². The van der Waals surface area contributed by atoms with E-state index in [0.717, 1.165) is 17.1 Å². The Balaban J connectivity index is 1.25. The summed E-state index contributed by atoms with van der Waals surface area (Å²) < 4.78 is 7.41. The second-order valence-electron chi connectivity index (χ2n) is 13.8. The SMILES string of the molecule is c1ccc(-n2c3cc(-n4c5ccccc5c5ccccc54)ccc3c3c2c2ccc(P(c4ccccc4)c4ccccc4)cc2n3-c2ccccc2)cc1. The third-order valence-corrected chi connectivity index (χ3v) is 13.2. The van der Waals surface area contributed by atoms with Crippen molar-refractivity contribution in [3.63, 3.8) is 0 Å². The molecule has 8 aromatic carbocycles.